The topological polar surface area (TPSA) is 98.6 Å². The quantitative estimate of drug-likeness (QED) is 0.422. The smallest absolute Gasteiger partial charge is 0.274 e. The van der Waals surface area contributed by atoms with Crippen LogP contribution in [0.2, 0.25) is 10.0 Å². The summed E-state index contributed by atoms with van der Waals surface area (Å²) in [5.74, 6) is 0.0699. The first-order valence-corrected chi connectivity index (χ1v) is 13.9. The van der Waals surface area contributed by atoms with Gasteiger partial charge in [0.25, 0.3) is 5.91 Å². The second-order valence-corrected chi connectivity index (χ2v) is 10.6. The van der Waals surface area contributed by atoms with Crippen molar-refractivity contribution in [2.24, 2.45) is 5.92 Å². The van der Waals surface area contributed by atoms with Gasteiger partial charge < -0.3 is 19.7 Å². The van der Waals surface area contributed by atoms with Gasteiger partial charge in [0.1, 0.15) is 0 Å². The molecule has 9 nitrogen and oxygen atoms in total. The number of amides is 2. The van der Waals surface area contributed by atoms with Gasteiger partial charge in [-0.25, -0.2) is 9.67 Å². The molecule has 0 radical (unpaired) electrons. The number of carbonyl (C=O) groups is 2. The fraction of sp³-hybridized carbons (Fsp3) is 0.429. The number of nitrogens with zero attached hydrogens (tertiary/aromatic N) is 4. The summed E-state index contributed by atoms with van der Waals surface area (Å²) in [6, 6.07) is 10.9. The molecule has 1 atom stereocenters. The molecule has 0 aliphatic carbocycles. The van der Waals surface area contributed by atoms with Crippen molar-refractivity contribution in [1.29, 1.82) is 0 Å². The summed E-state index contributed by atoms with van der Waals surface area (Å²) in [6.45, 7) is 2.00. The lowest BCUT2D eigenvalue weighted by Crippen LogP contribution is -2.43. The summed E-state index contributed by atoms with van der Waals surface area (Å²) in [4.78, 5) is 32.2. The Bertz CT molecular complexity index is 1330. The van der Waals surface area contributed by atoms with Gasteiger partial charge in [-0.2, -0.15) is 5.10 Å². The Balaban J connectivity index is 1.28. The number of pyridine rings is 1. The van der Waals surface area contributed by atoms with Crippen LogP contribution in [0.15, 0.2) is 42.6 Å². The minimum Gasteiger partial charge on any atom is -0.481 e. The average molecular weight is 572 g/mol. The van der Waals surface area contributed by atoms with E-state index in [1.54, 1.807) is 27.8 Å². The van der Waals surface area contributed by atoms with E-state index in [4.69, 9.17) is 37.8 Å². The summed E-state index contributed by atoms with van der Waals surface area (Å²) in [5.41, 5.74) is 2.60. The van der Waals surface area contributed by atoms with E-state index < -0.39 is 0 Å². The SMILES string of the molecule is COc1cc(-c2cc(C(=O)N3CCC(C(=O)NCc4cccc(Cl)c4)CC3)nn2C2CCCCO2)c(Cl)cn1. The summed E-state index contributed by atoms with van der Waals surface area (Å²) in [5, 5.41) is 8.76. The van der Waals surface area contributed by atoms with Gasteiger partial charge in [0.15, 0.2) is 11.9 Å². The molecule has 2 aromatic heterocycles. The number of aromatic nitrogens is 3. The molecule has 3 aromatic rings. The number of hydrogen-bond acceptors (Lipinski definition) is 6. The van der Waals surface area contributed by atoms with Gasteiger partial charge >= 0.3 is 0 Å². The third kappa shape index (κ3) is 6.37. The molecule has 2 fully saturated rings. The fourth-order valence-corrected chi connectivity index (χ4v) is 5.46. The monoisotopic (exact) mass is 571 g/mol. The minimum atomic E-state index is -0.292. The van der Waals surface area contributed by atoms with E-state index in [1.807, 2.05) is 18.2 Å². The summed E-state index contributed by atoms with van der Waals surface area (Å²) >= 11 is 12.6. The number of likely N-dealkylation sites (tertiary alicyclic amines) is 1. The third-order valence-corrected chi connectivity index (χ3v) is 7.74. The van der Waals surface area contributed by atoms with E-state index in [9.17, 15) is 9.59 Å². The maximum absolute atomic E-state index is 13.5. The molecule has 4 heterocycles. The number of ether oxygens (including phenoxy) is 2. The lowest BCUT2D eigenvalue weighted by molar-refractivity contribution is -0.126. The molecule has 2 aliphatic rings. The van der Waals surface area contributed by atoms with E-state index in [2.05, 4.69) is 10.3 Å². The molecule has 1 N–H and O–H groups in total. The molecule has 39 heavy (non-hydrogen) atoms. The Morgan fingerprint density at radius 2 is 1.95 bits per heavy atom. The van der Waals surface area contributed by atoms with Crippen molar-refractivity contribution in [2.75, 3.05) is 26.8 Å². The molecule has 2 aliphatic heterocycles. The van der Waals surface area contributed by atoms with Crippen LogP contribution in [-0.4, -0.2) is 58.3 Å². The van der Waals surface area contributed by atoms with E-state index >= 15 is 0 Å². The molecule has 0 spiro atoms. The molecule has 5 rings (SSSR count). The molecular formula is C28H31Cl2N5O4. The zero-order valence-corrected chi connectivity index (χ0v) is 23.2. The van der Waals surface area contributed by atoms with Crippen LogP contribution in [0.5, 0.6) is 5.88 Å². The van der Waals surface area contributed by atoms with E-state index in [-0.39, 0.29) is 24.0 Å². The van der Waals surface area contributed by atoms with Gasteiger partial charge in [0.05, 0.1) is 24.0 Å². The number of hydrogen-bond donors (Lipinski definition) is 1. The predicted octanol–water partition coefficient (Wildman–Crippen LogP) is 5.13. The standard InChI is InChI=1S/C28H31Cl2N5O4/c1-38-25-14-21(22(30)17-31-25)24-15-23(33-35(24)26-7-2-3-12-39-26)28(37)34-10-8-19(9-11-34)27(36)32-16-18-5-4-6-20(29)13-18/h4-6,13-15,17,19,26H,2-3,7-12,16H2,1H3,(H,32,36). The molecule has 2 saturated heterocycles. The molecule has 1 unspecified atom stereocenters. The van der Waals surface area contributed by atoms with Gasteiger partial charge in [-0.1, -0.05) is 35.3 Å². The van der Waals surface area contributed by atoms with Crippen molar-refractivity contribution in [3.05, 3.63) is 63.9 Å². The first-order valence-electron chi connectivity index (χ1n) is 13.2. The van der Waals surface area contributed by atoms with Crippen LogP contribution in [-0.2, 0) is 16.1 Å². The maximum Gasteiger partial charge on any atom is 0.274 e. The zero-order valence-electron chi connectivity index (χ0n) is 21.7. The number of methoxy groups -OCH3 is 1. The second-order valence-electron chi connectivity index (χ2n) is 9.80. The van der Waals surface area contributed by atoms with E-state index in [0.717, 1.165) is 24.8 Å². The number of rotatable bonds is 7. The Morgan fingerprint density at radius 1 is 1.13 bits per heavy atom. The average Bonchev–Trinajstić information content (AvgIpc) is 3.42. The molecule has 1 aromatic carbocycles. The van der Waals surface area contributed by atoms with Crippen LogP contribution >= 0.6 is 23.2 Å². The van der Waals surface area contributed by atoms with E-state index in [0.29, 0.717) is 72.0 Å². The summed E-state index contributed by atoms with van der Waals surface area (Å²) < 4.78 is 13.0. The number of benzene rings is 1. The largest absolute Gasteiger partial charge is 0.481 e. The Kier molecular flexibility index (Phi) is 8.69. The number of halogens is 2. The first kappa shape index (κ1) is 27.4. The molecule has 11 heteroatoms. The Morgan fingerprint density at radius 3 is 2.67 bits per heavy atom. The second kappa shape index (κ2) is 12.4. The highest BCUT2D eigenvalue weighted by molar-refractivity contribution is 6.33. The lowest BCUT2D eigenvalue weighted by Gasteiger charge is -2.31. The van der Waals surface area contributed by atoms with Gasteiger partial charge in [-0.3, -0.25) is 9.59 Å². The van der Waals surface area contributed by atoms with Crippen LogP contribution in [0.4, 0.5) is 0 Å². The molecule has 0 saturated carbocycles. The van der Waals surface area contributed by atoms with Crippen molar-refractivity contribution in [3.63, 3.8) is 0 Å². The van der Waals surface area contributed by atoms with Crippen molar-refractivity contribution in [2.45, 2.75) is 44.9 Å². The van der Waals surface area contributed by atoms with Gasteiger partial charge in [-0.15, -0.1) is 0 Å². The molecular weight excluding hydrogens is 541 g/mol. The Hall–Kier alpha value is -3.14. The van der Waals surface area contributed by atoms with Crippen LogP contribution in [0.3, 0.4) is 0 Å². The Labute approximate surface area is 237 Å². The number of nitrogens with one attached hydrogen (secondary N) is 1. The van der Waals surface area contributed by atoms with Crippen LogP contribution in [0.1, 0.15) is 54.4 Å². The maximum atomic E-state index is 13.5. The summed E-state index contributed by atoms with van der Waals surface area (Å²) in [6.07, 6.45) is 5.19. The van der Waals surface area contributed by atoms with Gasteiger partial charge in [-0.05, 0) is 55.9 Å². The van der Waals surface area contributed by atoms with E-state index in [1.165, 1.54) is 13.3 Å². The van der Waals surface area contributed by atoms with Crippen molar-refractivity contribution in [1.82, 2.24) is 25.0 Å². The highest BCUT2D eigenvalue weighted by Crippen LogP contribution is 2.35. The zero-order chi connectivity index (χ0) is 27.4. The minimum absolute atomic E-state index is 0.00985. The van der Waals surface area contributed by atoms with Crippen molar-refractivity contribution in [3.8, 4) is 17.1 Å². The normalized spacial score (nSPS) is 18.1. The first-order chi connectivity index (χ1) is 18.9. The van der Waals surface area contributed by atoms with Gasteiger partial charge in [0.2, 0.25) is 11.8 Å². The molecule has 0 bridgehead atoms. The predicted molar refractivity (Wildman–Crippen MR) is 148 cm³/mol. The molecule has 2 amide bonds. The number of carbonyl (C=O) groups excluding carboxylic acids is 2. The molecule has 206 valence electrons. The van der Waals surface area contributed by atoms with Crippen molar-refractivity contribution < 1.29 is 19.1 Å². The highest BCUT2D eigenvalue weighted by atomic mass is 35.5. The van der Waals surface area contributed by atoms with Crippen LogP contribution < -0.4 is 10.1 Å². The fourth-order valence-electron chi connectivity index (χ4n) is 5.05. The van der Waals surface area contributed by atoms with Crippen LogP contribution in [0, 0.1) is 5.92 Å². The van der Waals surface area contributed by atoms with Crippen LogP contribution in [0.25, 0.3) is 11.3 Å². The lowest BCUT2D eigenvalue weighted by atomic mass is 9.95. The third-order valence-electron chi connectivity index (χ3n) is 7.21. The summed E-state index contributed by atoms with van der Waals surface area (Å²) in [7, 11) is 1.54. The van der Waals surface area contributed by atoms with Gasteiger partial charge in [0, 0.05) is 48.8 Å². The van der Waals surface area contributed by atoms with Crippen molar-refractivity contribution >= 4 is 35.0 Å². The number of piperidine rings is 1. The highest BCUT2D eigenvalue weighted by Gasteiger charge is 2.31.